The first-order chi connectivity index (χ1) is 13.3. The number of carboxylic acid groups (broad SMARTS) is 1. The van der Waals surface area contributed by atoms with Crippen LogP contribution in [-0.4, -0.2) is 39.8 Å². The number of aliphatic carboxylic acids is 1. The van der Waals surface area contributed by atoms with Crippen LogP contribution < -0.4 is 4.72 Å². The zero-order valence-corrected chi connectivity index (χ0v) is 15.9. The summed E-state index contributed by atoms with van der Waals surface area (Å²) in [6, 6.07) is 11.8. The molecule has 2 N–H and O–H groups in total. The molecule has 2 atom stereocenters. The summed E-state index contributed by atoms with van der Waals surface area (Å²) in [5.74, 6) is -1.26. The predicted octanol–water partition coefficient (Wildman–Crippen LogP) is 2.21. The normalized spacial score (nSPS) is 21.4. The van der Waals surface area contributed by atoms with Crippen molar-refractivity contribution >= 4 is 27.6 Å². The Labute approximate surface area is 165 Å². The Bertz CT molecular complexity index is 1130. The number of hydrogen-bond donors (Lipinski definition) is 2. The maximum absolute atomic E-state index is 12.8. The molecule has 1 aliphatic rings. The molecule has 144 valence electrons. The Kier molecular flexibility index (Phi) is 4.45. The third-order valence-electron chi connectivity index (χ3n) is 4.68. The third kappa shape index (κ3) is 3.28. The highest BCUT2D eigenvalue weighted by Gasteiger charge is 2.63. The molecule has 28 heavy (non-hydrogen) atoms. The van der Waals surface area contributed by atoms with E-state index in [1.54, 1.807) is 24.3 Å². The van der Waals surface area contributed by atoms with Gasteiger partial charge in [-0.1, -0.05) is 41.9 Å². The van der Waals surface area contributed by atoms with Gasteiger partial charge in [-0.25, -0.2) is 18.1 Å². The van der Waals surface area contributed by atoms with Crippen molar-refractivity contribution in [3.63, 3.8) is 0 Å². The molecule has 2 aromatic heterocycles. The van der Waals surface area contributed by atoms with E-state index in [2.05, 4.69) is 14.8 Å². The highest BCUT2D eigenvalue weighted by atomic mass is 35.5. The lowest BCUT2D eigenvalue weighted by Gasteiger charge is -2.15. The average Bonchev–Trinajstić information content (AvgIpc) is 3.24. The monoisotopic (exact) mass is 418 g/mol. The topological polar surface area (TPSA) is 114 Å². The summed E-state index contributed by atoms with van der Waals surface area (Å²) in [6.45, 7) is 0. The van der Waals surface area contributed by atoms with Crippen LogP contribution in [0.2, 0.25) is 5.02 Å². The summed E-state index contributed by atoms with van der Waals surface area (Å²) in [5, 5.41) is 14.1. The Morgan fingerprint density at radius 1 is 1.21 bits per heavy atom. The number of hydrogen-bond acceptors (Lipinski definition) is 5. The van der Waals surface area contributed by atoms with Crippen LogP contribution in [0.4, 0.5) is 0 Å². The number of sulfonamides is 1. The minimum Gasteiger partial charge on any atom is -0.480 e. The van der Waals surface area contributed by atoms with Crippen LogP contribution in [0.3, 0.4) is 0 Å². The van der Waals surface area contributed by atoms with E-state index in [9.17, 15) is 18.3 Å². The minimum absolute atomic E-state index is 0.131. The molecular formula is C18H15ClN4O4S. The van der Waals surface area contributed by atoms with E-state index in [-0.39, 0.29) is 11.3 Å². The number of halogens is 1. The average molecular weight is 419 g/mol. The molecule has 1 aliphatic carbocycles. The molecule has 0 spiro atoms. The van der Waals surface area contributed by atoms with Crippen molar-refractivity contribution in [3.8, 4) is 5.82 Å². The molecule has 0 radical (unpaired) electrons. The number of carbonyl (C=O) groups is 1. The summed E-state index contributed by atoms with van der Waals surface area (Å²) < 4.78 is 29.3. The largest absolute Gasteiger partial charge is 0.480 e. The number of benzene rings is 1. The quantitative estimate of drug-likeness (QED) is 0.634. The van der Waals surface area contributed by atoms with E-state index < -0.39 is 27.4 Å². The molecule has 0 saturated heterocycles. The van der Waals surface area contributed by atoms with Crippen molar-refractivity contribution in [1.29, 1.82) is 0 Å². The van der Waals surface area contributed by atoms with Crippen LogP contribution >= 0.6 is 11.6 Å². The lowest BCUT2D eigenvalue weighted by molar-refractivity contribution is -0.140. The second-order valence-electron chi connectivity index (χ2n) is 6.50. The van der Waals surface area contributed by atoms with Crippen molar-refractivity contribution in [2.24, 2.45) is 0 Å². The zero-order valence-electron chi connectivity index (χ0n) is 14.4. The number of rotatable bonds is 6. The first-order valence-corrected chi connectivity index (χ1v) is 10.2. The van der Waals surface area contributed by atoms with E-state index in [1.165, 1.54) is 29.2 Å². The zero-order chi connectivity index (χ0) is 19.9. The van der Waals surface area contributed by atoms with E-state index in [0.717, 1.165) is 11.8 Å². The third-order valence-corrected chi connectivity index (χ3v) is 6.37. The Balaban J connectivity index is 1.59. The molecule has 0 bridgehead atoms. The van der Waals surface area contributed by atoms with Crippen LogP contribution in [0.1, 0.15) is 17.9 Å². The number of nitrogens with one attached hydrogen (secondary N) is 1. The van der Waals surface area contributed by atoms with Gasteiger partial charge in [0.1, 0.15) is 10.4 Å². The van der Waals surface area contributed by atoms with E-state index in [0.29, 0.717) is 10.8 Å². The molecular weight excluding hydrogens is 404 g/mol. The van der Waals surface area contributed by atoms with E-state index in [1.807, 2.05) is 6.07 Å². The van der Waals surface area contributed by atoms with E-state index >= 15 is 0 Å². The molecule has 0 aliphatic heterocycles. The van der Waals surface area contributed by atoms with Gasteiger partial charge in [-0.3, -0.25) is 4.79 Å². The first kappa shape index (κ1) is 18.6. The van der Waals surface area contributed by atoms with Gasteiger partial charge in [0.15, 0.2) is 5.82 Å². The van der Waals surface area contributed by atoms with Gasteiger partial charge in [0.05, 0.1) is 17.4 Å². The highest BCUT2D eigenvalue weighted by Crippen LogP contribution is 2.52. The summed E-state index contributed by atoms with van der Waals surface area (Å²) in [5.41, 5.74) is -0.786. The Morgan fingerprint density at radius 3 is 2.54 bits per heavy atom. The summed E-state index contributed by atoms with van der Waals surface area (Å²) in [6.07, 6.45) is 4.30. The maximum atomic E-state index is 12.8. The van der Waals surface area contributed by atoms with Crippen molar-refractivity contribution in [1.82, 2.24) is 19.5 Å². The van der Waals surface area contributed by atoms with E-state index in [4.69, 9.17) is 11.6 Å². The summed E-state index contributed by atoms with van der Waals surface area (Å²) in [7, 11) is -4.08. The summed E-state index contributed by atoms with van der Waals surface area (Å²) >= 11 is 5.81. The second-order valence-corrected chi connectivity index (χ2v) is 8.62. The number of pyridine rings is 1. The van der Waals surface area contributed by atoms with Gasteiger partial charge < -0.3 is 5.11 Å². The SMILES string of the molecule is O=C(O)[C@]1(NS(=O)(=O)c2ccc(-n3cc(Cl)cn3)nc2)C[C@H]1c1ccccc1. The molecule has 1 fully saturated rings. The fourth-order valence-electron chi connectivity index (χ4n) is 3.14. The van der Waals surface area contributed by atoms with Crippen molar-refractivity contribution in [2.75, 3.05) is 0 Å². The van der Waals surface area contributed by atoms with Crippen LogP contribution in [0.5, 0.6) is 0 Å². The molecule has 10 heteroatoms. The van der Waals surface area contributed by atoms with Crippen LogP contribution in [0, 0.1) is 0 Å². The van der Waals surface area contributed by atoms with Crippen LogP contribution in [0.25, 0.3) is 5.82 Å². The van der Waals surface area contributed by atoms with Gasteiger partial charge in [0.2, 0.25) is 10.0 Å². The van der Waals surface area contributed by atoms with Crippen LogP contribution in [-0.2, 0) is 14.8 Å². The number of aromatic nitrogens is 3. The number of nitrogens with zero attached hydrogens (tertiary/aromatic N) is 3. The Hall–Kier alpha value is -2.75. The molecule has 8 nitrogen and oxygen atoms in total. The Morgan fingerprint density at radius 2 is 1.96 bits per heavy atom. The molecule has 1 saturated carbocycles. The lowest BCUT2D eigenvalue weighted by Crippen LogP contribution is -2.44. The lowest BCUT2D eigenvalue weighted by atomic mass is 10.1. The molecule has 1 aromatic carbocycles. The fraction of sp³-hybridized carbons (Fsp3) is 0.167. The molecule has 0 unspecified atom stereocenters. The fourth-order valence-corrected chi connectivity index (χ4v) is 4.62. The second kappa shape index (κ2) is 6.69. The van der Waals surface area contributed by atoms with Gasteiger partial charge in [0, 0.05) is 12.1 Å². The van der Waals surface area contributed by atoms with Gasteiger partial charge in [-0.2, -0.15) is 9.82 Å². The first-order valence-electron chi connectivity index (χ1n) is 8.31. The summed E-state index contributed by atoms with van der Waals surface area (Å²) in [4.78, 5) is 15.8. The minimum atomic E-state index is -4.08. The van der Waals surface area contributed by atoms with Gasteiger partial charge >= 0.3 is 5.97 Å². The maximum Gasteiger partial charge on any atom is 0.325 e. The smallest absolute Gasteiger partial charge is 0.325 e. The van der Waals surface area contributed by atoms with Gasteiger partial charge in [-0.15, -0.1) is 0 Å². The molecule has 0 amide bonds. The van der Waals surface area contributed by atoms with Crippen LogP contribution in [0.15, 0.2) is 66.0 Å². The molecule has 3 aromatic rings. The van der Waals surface area contributed by atoms with Crippen molar-refractivity contribution in [2.45, 2.75) is 22.8 Å². The van der Waals surface area contributed by atoms with Gasteiger partial charge in [0.25, 0.3) is 0 Å². The molecule has 2 heterocycles. The standard InChI is InChI=1S/C18H15ClN4O4S/c19-13-9-21-23(11-13)16-7-6-14(10-20-16)28(26,27)22-18(17(24)25)8-15(18)12-4-2-1-3-5-12/h1-7,9-11,15,22H,8H2,(H,24,25)/t15-,18-/m0/s1. The van der Waals surface area contributed by atoms with Crippen molar-refractivity contribution < 1.29 is 18.3 Å². The van der Waals surface area contributed by atoms with Crippen molar-refractivity contribution in [3.05, 3.63) is 71.6 Å². The highest BCUT2D eigenvalue weighted by molar-refractivity contribution is 7.89. The predicted molar refractivity (Wildman–Crippen MR) is 101 cm³/mol. The molecule has 4 rings (SSSR count). The van der Waals surface area contributed by atoms with Gasteiger partial charge in [-0.05, 0) is 24.1 Å². The number of carboxylic acids is 1.